The van der Waals surface area contributed by atoms with Gasteiger partial charge in [0.1, 0.15) is 36.1 Å². The van der Waals surface area contributed by atoms with Crippen molar-refractivity contribution >= 4 is 18.0 Å². The number of carbonyl (C=O) groups excluding carboxylic acids is 3. The van der Waals surface area contributed by atoms with Crippen molar-refractivity contribution in [2.45, 2.75) is 71.8 Å². The fourth-order valence-corrected chi connectivity index (χ4v) is 3.02. The van der Waals surface area contributed by atoms with E-state index in [1.54, 1.807) is 20.8 Å². The van der Waals surface area contributed by atoms with Gasteiger partial charge in [0.2, 0.25) is 5.91 Å². The number of benzene rings is 2. The predicted molar refractivity (Wildman–Crippen MR) is 133 cm³/mol. The van der Waals surface area contributed by atoms with E-state index in [-0.39, 0.29) is 25.2 Å². The number of hydrogen-bond donors (Lipinski definition) is 2. The van der Waals surface area contributed by atoms with Crippen LogP contribution in [0.5, 0.6) is 5.75 Å². The number of alkyl carbamates (subject to hydrolysis) is 1. The second-order valence-corrected chi connectivity index (χ2v) is 10.1. The number of amides is 2. The molecule has 2 rings (SSSR count). The Labute approximate surface area is 207 Å². The highest BCUT2D eigenvalue weighted by molar-refractivity contribution is 5.87. The fraction of sp³-hybridized carbons (Fsp3) is 0.444. The molecule has 0 saturated carbocycles. The number of rotatable bonds is 9. The van der Waals surface area contributed by atoms with Crippen molar-refractivity contribution in [3.63, 3.8) is 0 Å². The molecule has 2 N–H and O–H groups in total. The van der Waals surface area contributed by atoms with Gasteiger partial charge in [-0.05, 0) is 64.8 Å². The van der Waals surface area contributed by atoms with E-state index in [2.05, 4.69) is 10.6 Å². The lowest BCUT2D eigenvalue weighted by molar-refractivity contribution is -0.158. The van der Waals surface area contributed by atoms with Crippen LogP contribution in [0.15, 0.2) is 54.6 Å². The molecule has 8 heteroatoms. The van der Waals surface area contributed by atoms with E-state index in [9.17, 15) is 14.4 Å². The third-order valence-corrected chi connectivity index (χ3v) is 4.42. The maximum absolute atomic E-state index is 12.8. The van der Waals surface area contributed by atoms with Gasteiger partial charge in [-0.2, -0.15) is 0 Å². The van der Waals surface area contributed by atoms with Gasteiger partial charge < -0.3 is 24.8 Å². The summed E-state index contributed by atoms with van der Waals surface area (Å²) in [5.41, 5.74) is 0.599. The predicted octanol–water partition coefficient (Wildman–Crippen LogP) is 4.16. The van der Waals surface area contributed by atoms with Gasteiger partial charge in [0, 0.05) is 6.42 Å². The molecular formula is C27H36N2O6. The van der Waals surface area contributed by atoms with Crippen molar-refractivity contribution < 1.29 is 28.6 Å². The molecule has 0 aromatic heterocycles. The smallest absolute Gasteiger partial charge is 0.407 e. The summed E-state index contributed by atoms with van der Waals surface area (Å²) >= 11 is 0. The van der Waals surface area contributed by atoms with Crippen LogP contribution >= 0.6 is 0 Å². The third kappa shape index (κ3) is 11.4. The molecule has 0 saturated heterocycles. The third-order valence-electron chi connectivity index (χ3n) is 4.42. The standard InChI is InChI=1S/C27H36N2O6/c1-26(2,3)34-21-14-12-19(13-15-21)16-22(24(31)35-27(4,5)6)29-23(30)17-28-25(32)33-18-20-10-8-7-9-11-20/h7-15,22H,16-18H2,1-6H3,(H,28,32)(H,29,30)/t22-/m0/s1. The molecule has 0 unspecified atom stereocenters. The zero-order chi connectivity index (χ0) is 26.1. The van der Waals surface area contributed by atoms with Gasteiger partial charge in [-0.3, -0.25) is 4.79 Å². The highest BCUT2D eigenvalue weighted by atomic mass is 16.6. The monoisotopic (exact) mass is 484 g/mol. The lowest BCUT2D eigenvalue weighted by atomic mass is 10.0. The van der Waals surface area contributed by atoms with E-state index in [4.69, 9.17) is 14.2 Å². The van der Waals surface area contributed by atoms with Crippen LogP contribution in [0.2, 0.25) is 0 Å². The summed E-state index contributed by atoms with van der Waals surface area (Å²) in [5.74, 6) is -0.393. The lowest BCUT2D eigenvalue weighted by Crippen LogP contribution is -2.48. The lowest BCUT2D eigenvalue weighted by Gasteiger charge is -2.25. The Morgan fingerprint density at radius 2 is 1.46 bits per heavy atom. The molecule has 1 atom stereocenters. The molecule has 190 valence electrons. The average Bonchev–Trinajstić information content (AvgIpc) is 2.75. The van der Waals surface area contributed by atoms with Crippen LogP contribution in [0, 0.1) is 0 Å². The second-order valence-electron chi connectivity index (χ2n) is 10.1. The Morgan fingerprint density at radius 3 is 2.03 bits per heavy atom. The Balaban J connectivity index is 1.95. The van der Waals surface area contributed by atoms with Crippen molar-refractivity contribution in [1.29, 1.82) is 0 Å². The fourth-order valence-electron chi connectivity index (χ4n) is 3.02. The van der Waals surface area contributed by atoms with E-state index in [0.29, 0.717) is 5.75 Å². The average molecular weight is 485 g/mol. The summed E-state index contributed by atoms with van der Waals surface area (Å²) in [6.45, 7) is 10.9. The molecule has 2 amide bonds. The SMILES string of the molecule is CC(C)(C)OC(=O)[C@H](Cc1ccc(OC(C)(C)C)cc1)NC(=O)CNC(=O)OCc1ccccc1. The second kappa shape index (κ2) is 12.2. The van der Waals surface area contributed by atoms with Crippen molar-refractivity contribution in [2.24, 2.45) is 0 Å². The number of nitrogens with one attached hydrogen (secondary N) is 2. The molecule has 8 nitrogen and oxygen atoms in total. The molecule has 2 aromatic carbocycles. The highest BCUT2D eigenvalue weighted by Crippen LogP contribution is 2.19. The molecule has 0 aliphatic heterocycles. The summed E-state index contributed by atoms with van der Waals surface area (Å²) in [6.07, 6.45) is -0.512. The Morgan fingerprint density at radius 1 is 0.829 bits per heavy atom. The Bertz CT molecular complexity index is 975. The maximum Gasteiger partial charge on any atom is 0.407 e. The Hall–Kier alpha value is -3.55. The van der Waals surface area contributed by atoms with Crippen molar-refractivity contribution in [3.05, 3.63) is 65.7 Å². The number of carbonyl (C=O) groups is 3. The Kier molecular flexibility index (Phi) is 9.68. The van der Waals surface area contributed by atoms with Crippen LogP contribution in [-0.2, 0) is 32.1 Å². The molecular weight excluding hydrogens is 448 g/mol. The van der Waals surface area contributed by atoms with Crippen molar-refractivity contribution in [2.75, 3.05) is 6.54 Å². The molecule has 0 spiro atoms. The topological polar surface area (TPSA) is 103 Å². The van der Waals surface area contributed by atoms with E-state index in [0.717, 1.165) is 11.1 Å². The quantitative estimate of drug-likeness (QED) is 0.518. The van der Waals surface area contributed by atoms with Crippen LogP contribution in [0.3, 0.4) is 0 Å². The van der Waals surface area contributed by atoms with E-state index < -0.39 is 29.6 Å². The van der Waals surface area contributed by atoms with Gasteiger partial charge in [0.15, 0.2) is 0 Å². The van der Waals surface area contributed by atoms with Crippen LogP contribution in [0.25, 0.3) is 0 Å². The van der Waals surface area contributed by atoms with Crippen LogP contribution < -0.4 is 15.4 Å². The van der Waals surface area contributed by atoms with Crippen LogP contribution in [0.4, 0.5) is 4.79 Å². The number of ether oxygens (including phenoxy) is 3. The first-order valence-electron chi connectivity index (χ1n) is 11.6. The highest BCUT2D eigenvalue weighted by Gasteiger charge is 2.27. The zero-order valence-electron chi connectivity index (χ0n) is 21.3. The van der Waals surface area contributed by atoms with Gasteiger partial charge in [-0.15, -0.1) is 0 Å². The minimum Gasteiger partial charge on any atom is -0.488 e. The molecule has 0 aliphatic carbocycles. The minimum absolute atomic E-state index is 0.0871. The van der Waals surface area contributed by atoms with Gasteiger partial charge in [0.05, 0.1) is 0 Å². The van der Waals surface area contributed by atoms with E-state index >= 15 is 0 Å². The van der Waals surface area contributed by atoms with Gasteiger partial charge in [0.25, 0.3) is 0 Å². The molecule has 2 aromatic rings. The molecule has 0 radical (unpaired) electrons. The first-order valence-corrected chi connectivity index (χ1v) is 11.6. The first kappa shape index (κ1) is 27.7. The summed E-state index contributed by atoms with van der Waals surface area (Å²) in [5, 5.41) is 5.05. The molecule has 0 aliphatic rings. The summed E-state index contributed by atoms with van der Waals surface area (Å²) in [4.78, 5) is 37.2. The summed E-state index contributed by atoms with van der Waals surface area (Å²) in [6, 6.07) is 15.6. The molecule has 0 heterocycles. The van der Waals surface area contributed by atoms with Gasteiger partial charge >= 0.3 is 12.1 Å². The van der Waals surface area contributed by atoms with Gasteiger partial charge in [-0.25, -0.2) is 9.59 Å². The van der Waals surface area contributed by atoms with Crippen molar-refractivity contribution in [1.82, 2.24) is 10.6 Å². The molecule has 0 fully saturated rings. The molecule has 35 heavy (non-hydrogen) atoms. The van der Waals surface area contributed by atoms with Gasteiger partial charge in [-0.1, -0.05) is 42.5 Å². The normalized spacial score (nSPS) is 12.3. The molecule has 0 bridgehead atoms. The summed E-state index contributed by atoms with van der Waals surface area (Å²) < 4.78 is 16.4. The summed E-state index contributed by atoms with van der Waals surface area (Å²) in [7, 11) is 0. The van der Waals surface area contributed by atoms with E-state index in [1.807, 2.05) is 75.4 Å². The first-order chi connectivity index (χ1) is 16.3. The van der Waals surface area contributed by atoms with E-state index in [1.165, 1.54) is 0 Å². The zero-order valence-corrected chi connectivity index (χ0v) is 21.3. The minimum atomic E-state index is -0.932. The van der Waals surface area contributed by atoms with Crippen LogP contribution in [-0.4, -0.2) is 41.8 Å². The number of esters is 1. The maximum atomic E-state index is 12.8. The number of hydrogen-bond acceptors (Lipinski definition) is 6. The van der Waals surface area contributed by atoms with Crippen molar-refractivity contribution in [3.8, 4) is 5.75 Å². The largest absolute Gasteiger partial charge is 0.488 e. The van der Waals surface area contributed by atoms with Crippen LogP contribution in [0.1, 0.15) is 52.7 Å².